The molecule has 5 heteroatoms. The number of nitrogens with one attached hydrogen (secondary N) is 1. The van der Waals surface area contributed by atoms with E-state index in [0.717, 1.165) is 29.1 Å². The third kappa shape index (κ3) is 3.89. The van der Waals surface area contributed by atoms with Crippen LogP contribution >= 0.6 is 11.3 Å². The lowest BCUT2D eigenvalue weighted by atomic mass is 10.2. The fourth-order valence-corrected chi connectivity index (χ4v) is 3.18. The van der Waals surface area contributed by atoms with Crippen LogP contribution in [0.25, 0.3) is 10.6 Å². The van der Waals surface area contributed by atoms with Crippen LogP contribution < -0.4 is 5.32 Å². The molecule has 0 spiro atoms. The normalized spacial score (nSPS) is 15.2. The highest BCUT2D eigenvalue weighted by Gasteiger charge is 2.16. The first-order valence-corrected chi connectivity index (χ1v) is 8.10. The van der Waals surface area contributed by atoms with Gasteiger partial charge < -0.3 is 10.1 Å². The Labute approximate surface area is 128 Å². The maximum atomic E-state index is 11.9. The van der Waals surface area contributed by atoms with Crippen molar-refractivity contribution in [1.29, 1.82) is 0 Å². The lowest BCUT2D eigenvalue weighted by molar-refractivity contribution is -0.122. The van der Waals surface area contributed by atoms with Crippen LogP contribution in [0.3, 0.4) is 0 Å². The minimum atomic E-state index is -0.0989. The van der Waals surface area contributed by atoms with E-state index < -0.39 is 0 Å². The van der Waals surface area contributed by atoms with Crippen molar-refractivity contribution in [3.05, 3.63) is 35.8 Å². The Morgan fingerprint density at radius 3 is 3.00 bits per heavy atom. The molecule has 1 aromatic carbocycles. The topological polar surface area (TPSA) is 51.2 Å². The van der Waals surface area contributed by atoms with Gasteiger partial charge in [-0.25, -0.2) is 4.98 Å². The number of benzene rings is 1. The Balaban J connectivity index is 1.56. The van der Waals surface area contributed by atoms with Gasteiger partial charge in [0, 0.05) is 22.8 Å². The van der Waals surface area contributed by atoms with Crippen molar-refractivity contribution in [3.63, 3.8) is 0 Å². The second-order valence-corrected chi connectivity index (χ2v) is 6.08. The highest BCUT2D eigenvalue weighted by atomic mass is 32.1. The van der Waals surface area contributed by atoms with E-state index in [0.29, 0.717) is 0 Å². The largest absolute Gasteiger partial charge is 0.368 e. The van der Waals surface area contributed by atoms with E-state index in [9.17, 15) is 4.79 Å². The molecule has 1 amide bonds. The number of thiazole rings is 1. The van der Waals surface area contributed by atoms with Crippen LogP contribution in [-0.4, -0.2) is 23.6 Å². The molecular formula is C16H18N2O2S. The van der Waals surface area contributed by atoms with Gasteiger partial charge in [0.15, 0.2) is 0 Å². The second kappa shape index (κ2) is 6.83. The fraction of sp³-hybridized carbons (Fsp3) is 0.375. The molecule has 1 fully saturated rings. The number of carbonyl (C=O) groups is 1. The molecule has 1 saturated carbocycles. The summed E-state index contributed by atoms with van der Waals surface area (Å²) in [6.45, 7) is 0.131. The molecule has 1 aromatic heterocycles. The van der Waals surface area contributed by atoms with Crippen molar-refractivity contribution in [2.45, 2.75) is 31.8 Å². The summed E-state index contributed by atoms with van der Waals surface area (Å²) in [6.07, 6.45) is 6.61. The number of hydrogen-bond donors (Lipinski definition) is 1. The van der Waals surface area contributed by atoms with Gasteiger partial charge in [-0.15, -0.1) is 11.3 Å². The third-order valence-electron chi connectivity index (χ3n) is 3.58. The molecule has 2 aromatic rings. The molecule has 1 aliphatic carbocycles. The molecule has 0 atom stereocenters. The zero-order valence-corrected chi connectivity index (χ0v) is 12.6. The van der Waals surface area contributed by atoms with Gasteiger partial charge in [-0.2, -0.15) is 0 Å². The molecule has 4 nitrogen and oxygen atoms in total. The highest BCUT2D eigenvalue weighted by molar-refractivity contribution is 7.13. The lowest BCUT2D eigenvalue weighted by Gasteiger charge is -2.11. The van der Waals surface area contributed by atoms with E-state index in [2.05, 4.69) is 10.3 Å². The van der Waals surface area contributed by atoms with Gasteiger partial charge in [0.1, 0.15) is 11.6 Å². The molecule has 0 radical (unpaired) electrons. The maximum absolute atomic E-state index is 11.9. The Morgan fingerprint density at radius 2 is 2.24 bits per heavy atom. The van der Waals surface area contributed by atoms with Crippen molar-refractivity contribution in [2.24, 2.45) is 0 Å². The number of aromatic nitrogens is 1. The number of rotatable bonds is 5. The molecule has 110 valence electrons. The Kier molecular flexibility index (Phi) is 4.62. The van der Waals surface area contributed by atoms with Gasteiger partial charge in [-0.1, -0.05) is 25.0 Å². The number of anilines is 1. The summed E-state index contributed by atoms with van der Waals surface area (Å²) < 4.78 is 5.62. The predicted molar refractivity (Wildman–Crippen MR) is 84.4 cm³/mol. The van der Waals surface area contributed by atoms with E-state index >= 15 is 0 Å². The van der Waals surface area contributed by atoms with E-state index in [-0.39, 0.29) is 18.6 Å². The molecule has 3 rings (SSSR count). The summed E-state index contributed by atoms with van der Waals surface area (Å²) in [5.41, 5.74) is 1.79. The Bertz CT molecular complexity index is 592. The first-order chi connectivity index (χ1) is 10.3. The van der Waals surface area contributed by atoms with E-state index in [4.69, 9.17) is 4.74 Å². The average molecular weight is 302 g/mol. The molecule has 0 aliphatic heterocycles. The minimum Gasteiger partial charge on any atom is -0.368 e. The van der Waals surface area contributed by atoms with Crippen LogP contribution in [0.5, 0.6) is 0 Å². The van der Waals surface area contributed by atoms with Crippen molar-refractivity contribution in [2.75, 3.05) is 11.9 Å². The van der Waals surface area contributed by atoms with Crippen LogP contribution in [0.4, 0.5) is 5.69 Å². The predicted octanol–water partition coefficient (Wildman–Crippen LogP) is 3.71. The summed E-state index contributed by atoms with van der Waals surface area (Å²) >= 11 is 1.58. The summed E-state index contributed by atoms with van der Waals surface area (Å²) in [4.78, 5) is 16.2. The summed E-state index contributed by atoms with van der Waals surface area (Å²) in [7, 11) is 0. The van der Waals surface area contributed by atoms with Crippen molar-refractivity contribution >= 4 is 22.9 Å². The highest BCUT2D eigenvalue weighted by Crippen LogP contribution is 2.24. The number of carbonyl (C=O) groups excluding carboxylic acids is 1. The average Bonchev–Trinajstić information content (AvgIpc) is 3.19. The van der Waals surface area contributed by atoms with Gasteiger partial charge in [0.05, 0.1) is 6.10 Å². The van der Waals surface area contributed by atoms with Gasteiger partial charge in [0.25, 0.3) is 0 Å². The van der Waals surface area contributed by atoms with Crippen LogP contribution in [-0.2, 0) is 9.53 Å². The maximum Gasteiger partial charge on any atom is 0.250 e. The SMILES string of the molecule is O=C(COC1CCCC1)Nc1cccc(-c2nccs2)c1. The molecule has 0 bridgehead atoms. The van der Waals surface area contributed by atoms with Gasteiger partial charge in [-0.05, 0) is 25.0 Å². The number of nitrogens with zero attached hydrogens (tertiary/aromatic N) is 1. The monoisotopic (exact) mass is 302 g/mol. The minimum absolute atomic E-state index is 0.0989. The van der Waals surface area contributed by atoms with Crippen LogP contribution in [0.2, 0.25) is 0 Å². The Hall–Kier alpha value is -1.72. The third-order valence-corrected chi connectivity index (χ3v) is 4.40. The molecule has 1 heterocycles. The smallest absolute Gasteiger partial charge is 0.250 e. The lowest BCUT2D eigenvalue weighted by Crippen LogP contribution is -2.21. The van der Waals surface area contributed by atoms with Crippen LogP contribution in [0, 0.1) is 0 Å². The van der Waals surface area contributed by atoms with Crippen molar-refractivity contribution in [3.8, 4) is 10.6 Å². The zero-order valence-electron chi connectivity index (χ0n) is 11.7. The van der Waals surface area contributed by atoms with E-state index in [1.165, 1.54) is 12.8 Å². The van der Waals surface area contributed by atoms with Gasteiger partial charge >= 0.3 is 0 Å². The number of ether oxygens (including phenoxy) is 1. The molecule has 1 N–H and O–H groups in total. The molecule has 21 heavy (non-hydrogen) atoms. The second-order valence-electron chi connectivity index (χ2n) is 5.18. The molecular weight excluding hydrogens is 284 g/mol. The van der Waals surface area contributed by atoms with Crippen molar-refractivity contribution < 1.29 is 9.53 Å². The fourth-order valence-electron chi connectivity index (χ4n) is 2.54. The molecule has 0 unspecified atom stereocenters. The first kappa shape index (κ1) is 14.2. The standard InChI is InChI=1S/C16H18N2O2S/c19-15(11-20-14-6-1-2-7-14)18-13-5-3-4-12(10-13)16-17-8-9-21-16/h3-5,8-10,14H,1-2,6-7,11H2,(H,18,19). The Morgan fingerprint density at radius 1 is 1.38 bits per heavy atom. The van der Waals surface area contributed by atoms with E-state index in [1.54, 1.807) is 17.5 Å². The summed E-state index contributed by atoms with van der Waals surface area (Å²) in [5, 5.41) is 5.77. The zero-order chi connectivity index (χ0) is 14.5. The molecule has 1 aliphatic rings. The van der Waals surface area contributed by atoms with Gasteiger partial charge in [0.2, 0.25) is 5.91 Å². The van der Waals surface area contributed by atoms with Crippen LogP contribution in [0.15, 0.2) is 35.8 Å². The quantitative estimate of drug-likeness (QED) is 0.916. The summed E-state index contributed by atoms with van der Waals surface area (Å²) in [5.74, 6) is -0.0989. The van der Waals surface area contributed by atoms with Crippen molar-refractivity contribution in [1.82, 2.24) is 4.98 Å². The summed E-state index contributed by atoms with van der Waals surface area (Å²) in [6, 6.07) is 7.73. The van der Waals surface area contributed by atoms with E-state index in [1.807, 2.05) is 29.6 Å². The van der Waals surface area contributed by atoms with Gasteiger partial charge in [-0.3, -0.25) is 4.79 Å². The molecule has 0 saturated heterocycles. The number of amides is 1. The van der Waals surface area contributed by atoms with Crippen LogP contribution in [0.1, 0.15) is 25.7 Å². The first-order valence-electron chi connectivity index (χ1n) is 7.22. The number of hydrogen-bond acceptors (Lipinski definition) is 4.